The topological polar surface area (TPSA) is 0 Å². The van der Waals surface area contributed by atoms with Crippen molar-refractivity contribution in [3.63, 3.8) is 0 Å². The monoisotopic (exact) mass is 396 g/mol. The Morgan fingerprint density at radius 2 is 1.23 bits per heavy atom. The lowest BCUT2D eigenvalue weighted by molar-refractivity contribution is 0.277. The average Bonchev–Trinajstić information content (AvgIpc) is 2.76. The van der Waals surface area contributed by atoms with Crippen molar-refractivity contribution >= 4 is 0 Å². The summed E-state index contributed by atoms with van der Waals surface area (Å²) < 4.78 is 0. The molecule has 0 heteroatoms. The second-order valence-electron chi connectivity index (χ2n) is 9.70. The van der Waals surface area contributed by atoms with Gasteiger partial charge >= 0.3 is 0 Å². The normalized spacial score (nSPS) is 19.1. The minimum absolute atomic E-state index is 0.940. The number of hydrogen-bond acceptors (Lipinski definition) is 0. The third kappa shape index (κ3) is 4.86. The SMILES string of the molecule is Cc1ccc(-c2ccc(-c3cc(C)c(CCC4CCC(C)CC4)cc3C)cc2)cc1. The van der Waals surface area contributed by atoms with E-state index >= 15 is 0 Å². The van der Waals surface area contributed by atoms with Crippen molar-refractivity contribution in [2.45, 2.75) is 66.2 Å². The molecule has 0 saturated heterocycles. The van der Waals surface area contributed by atoms with Crippen LogP contribution in [-0.2, 0) is 6.42 Å². The highest BCUT2D eigenvalue weighted by atomic mass is 14.2. The zero-order valence-electron chi connectivity index (χ0n) is 19.2. The van der Waals surface area contributed by atoms with Gasteiger partial charge in [0.1, 0.15) is 0 Å². The first-order valence-electron chi connectivity index (χ1n) is 11.8. The molecule has 0 aliphatic heterocycles. The molecule has 0 nitrogen and oxygen atoms in total. The van der Waals surface area contributed by atoms with Crippen LogP contribution in [0.2, 0.25) is 0 Å². The van der Waals surface area contributed by atoms with Crippen LogP contribution in [0.15, 0.2) is 60.7 Å². The average molecular weight is 397 g/mol. The lowest BCUT2D eigenvalue weighted by atomic mass is 9.80. The molecular weight excluding hydrogens is 360 g/mol. The predicted molar refractivity (Wildman–Crippen MR) is 131 cm³/mol. The van der Waals surface area contributed by atoms with Crippen LogP contribution in [0.5, 0.6) is 0 Å². The van der Waals surface area contributed by atoms with Crippen LogP contribution < -0.4 is 0 Å². The van der Waals surface area contributed by atoms with E-state index in [2.05, 4.69) is 88.4 Å². The van der Waals surface area contributed by atoms with Gasteiger partial charge in [-0.15, -0.1) is 0 Å². The second kappa shape index (κ2) is 9.21. The van der Waals surface area contributed by atoms with Crippen molar-refractivity contribution in [3.8, 4) is 22.3 Å². The van der Waals surface area contributed by atoms with Crippen molar-refractivity contribution in [2.75, 3.05) is 0 Å². The smallest absolute Gasteiger partial charge is 0.0152 e. The summed E-state index contributed by atoms with van der Waals surface area (Å²) in [6.45, 7) is 9.11. The second-order valence-corrected chi connectivity index (χ2v) is 9.70. The number of rotatable bonds is 5. The maximum Gasteiger partial charge on any atom is -0.0152 e. The number of aryl methyl sites for hydroxylation is 4. The summed E-state index contributed by atoms with van der Waals surface area (Å²) in [4.78, 5) is 0. The van der Waals surface area contributed by atoms with Crippen LogP contribution >= 0.6 is 0 Å². The predicted octanol–water partition coefficient (Wildman–Crippen LogP) is 8.70. The molecule has 4 rings (SSSR count). The van der Waals surface area contributed by atoms with Gasteiger partial charge < -0.3 is 0 Å². The van der Waals surface area contributed by atoms with E-state index in [-0.39, 0.29) is 0 Å². The number of hydrogen-bond donors (Lipinski definition) is 0. The van der Waals surface area contributed by atoms with Gasteiger partial charge in [-0.05, 0) is 84.4 Å². The summed E-state index contributed by atoms with van der Waals surface area (Å²) in [7, 11) is 0. The Labute approximate surface area is 183 Å². The molecule has 0 unspecified atom stereocenters. The van der Waals surface area contributed by atoms with E-state index in [9.17, 15) is 0 Å². The Kier molecular flexibility index (Phi) is 6.42. The van der Waals surface area contributed by atoms with Crippen molar-refractivity contribution in [2.24, 2.45) is 11.8 Å². The van der Waals surface area contributed by atoms with Crippen molar-refractivity contribution in [1.82, 2.24) is 0 Å². The first-order chi connectivity index (χ1) is 14.5. The fraction of sp³-hybridized carbons (Fsp3) is 0.400. The third-order valence-electron chi connectivity index (χ3n) is 7.22. The molecule has 0 amide bonds. The molecule has 3 aromatic rings. The molecule has 30 heavy (non-hydrogen) atoms. The van der Waals surface area contributed by atoms with E-state index in [1.165, 1.54) is 77.5 Å². The maximum atomic E-state index is 2.45. The molecule has 0 radical (unpaired) electrons. The van der Waals surface area contributed by atoms with Crippen LogP contribution in [-0.4, -0.2) is 0 Å². The maximum absolute atomic E-state index is 2.45. The molecule has 3 aromatic carbocycles. The molecule has 0 aromatic heterocycles. The zero-order valence-corrected chi connectivity index (χ0v) is 19.2. The highest BCUT2D eigenvalue weighted by Crippen LogP contribution is 2.33. The molecule has 156 valence electrons. The third-order valence-corrected chi connectivity index (χ3v) is 7.22. The van der Waals surface area contributed by atoms with Crippen LogP contribution in [0.4, 0.5) is 0 Å². The van der Waals surface area contributed by atoms with E-state index in [0.717, 1.165) is 11.8 Å². The van der Waals surface area contributed by atoms with Gasteiger partial charge in [0, 0.05) is 0 Å². The van der Waals surface area contributed by atoms with Gasteiger partial charge in [0.05, 0.1) is 0 Å². The Hall–Kier alpha value is -2.34. The van der Waals surface area contributed by atoms with Crippen LogP contribution in [0.25, 0.3) is 22.3 Å². The van der Waals surface area contributed by atoms with Gasteiger partial charge in [-0.3, -0.25) is 0 Å². The van der Waals surface area contributed by atoms with E-state index in [0.29, 0.717) is 0 Å². The van der Waals surface area contributed by atoms with Crippen molar-refractivity contribution < 1.29 is 0 Å². The summed E-state index contributed by atoms with van der Waals surface area (Å²) in [6.07, 6.45) is 8.32. The lowest BCUT2D eigenvalue weighted by Gasteiger charge is -2.26. The highest BCUT2D eigenvalue weighted by molar-refractivity contribution is 5.73. The molecule has 1 aliphatic carbocycles. The molecule has 0 heterocycles. The quantitative estimate of drug-likeness (QED) is 0.404. The summed E-state index contributed by atoms with van der Waals surface area (Å²) >= 11 is 0. The van der Waals surface area contributed by atoms with Gasteiger partial charge in [0.2, 0.25) is 0 Å². The molecule has 1 saturated carbocycles. The lowest BCUT2D eigenvalue weighted by Crippen LogP contribution is -2.13. The molecule has 0 N–H and O–H groups in total. The summed E-state index contributed by atoms with van der Waals surface area (Å²) in [5.74, 6) is 1.89. The molecule has 1 fully saturated rings. The molecule has 0 bridgehead atoms. The van der Waals surface area contributed by atoms with E-state index < -0.39 is 0 Å². The Morgan fingerprint density at radius 1 is 0.667 bits per heavy atom. The molecule has 0 spiro atoms. The minimum atomic E-state index is 0.940. The van der Waals surface area contributed by atoms with Crippen molar-refractivity contribution in [3.05, 3.63) is 82.9 Å². The van der Waals surface area contributed by atoms with E-state index in [4.69, 9.17) is 0 Å². The Balaban J connectivity index is 1.48. The summed E-state index contributed by atoms with van der Waals surface area (Å²) in [5.41, 5.74) is 11.0. The van der Waals surface area contributed by atoms with E-state index in [1.807, 2.05) is 0 Å². The van der Waals surface area contributed by atoms with Gasteiger partial charge in [0.15, 0.2) is 0 Å². The summed E-state index contributed by atoms with van der Waals surface area (Å²) in [5, 5.41) is 0. The number of benzene rings is 3. The largest absolute Gasteiger partial charge is 0.0625 e. The van der Waals surface area contributed by atoms with Gasteiger partial charge in [-0.1, -0.05) is 98.8 Å². The van der Waals surface area contributed by atoms with Gasteiger partial charge in [-0.2, -0.15) is 0 Å². The van der Waals surface area contributed by atoms with Gasteiger partial charge in [-0.25, -0.2) is 0 Å². The fourth-order valence-electron chi connectivity index (χ4n) is 5.02. The van der Waals surface area contributed by atoms with Crippen molar-refractivity contribution in [1.29, 1.82) is 0 Å². The molecule has 1 aliphatic rings. The summed E-state index contributed by atoms with van der Waals surface area (Å²) in [6, 6.07) is 22.7. The molecular formula is C30H36. The van der Waals surface area contributed by atoms with E-state index in [1.54, 1.807) is 5.56 Å². The van der Waals surface area contributed by atoms with Crippen LogP contribution in [0, 0.1) is 32.6 Å². The van der Waals surface area contributed by atoms with Crippen LogP contribution in [0.1, 0.15) is 61.3 Å². The highest BCUT2D eigenvalue weighted by Gasteiger charge is 2.18. The first-order valence-corrected chi connectivity index (χ1v) is 11.8. The van der Waals surface area contributed by atoms with Crippen LogP contribution in [0.3, 0.4) is 0 Å². The first kappa shape index (κ1) is 20.9. The Morgan fingerprint density at radius 3 is 1.87 bits per heavy atom. The fourth-order valence-corrected chi connectivity index (χ4v) is 5.02. The zero-order chi connectivity index (χ0) is 21.1. The van der Waals surface area contributed by atoms with Gasteiger partial charge in [0.25, 0.3) is 0 Å². The standard InChI is InChI=1S/C30H36/c1-21-5-9-25(10-6-21)11-14-29-19-24(4)30(20-23(29)3)28-17-15-27(16-18-28)26-12-7-22(2)8-13-26/h7-8,12-13,15-21,25H,5-6,9-11,14H2,1-4H3. The Bertz CT molecular complexity index is 968. The minimum Gasteiger partial charge on any atom is -0.0625 e. The molecule has 0 atom stereocenters.